The van der Waals surface area contributed by atoms with Crippen molar-refractivity contribution in [3.63, 3.8) is 0 Å². The Hall–Kier alpha value is -3.67. The number of fused-ring (bicyclic) bond motifs is 1. The van der Waals surface area contributed by atoms with E-state index in [4.69, 9.17) is 14.2 Å². The minimum absolute atomic E-state index is 0.184. The standard InChI is InChI=1S/C25H25NO5/c1-15-23(29-2)12-10-18(24(15)30-3)19-14-22(25(27)28)26-21-11-9-17(13-20(19)21)31-16-7-5-4-6-8-16/h4-13,19,22,26H,14H2,1-3H3,(H,27,28). The zero-order valence-electron chi connectivity index (χ0n) is 17.7. The first-order valence-corrected chi connectivity index (χ1v) is 10.1. The molecule has 0 aliphatic carbocycles. The van der Waals surface area contributed by atoms with Gasteiger partial charge in [0.05, 0.1) is 14.2 Å². The summed E-state index contributed by atoms with van der Waals surface area (Å²) < 4.78 is 17.2. The van der Waals surface area contributed by atoms with Gasteiger partial charge in [-0.2, -0.15) is 0 Å². The average Bonchev–Trinajstić information content (AvgIpc) is 2.78. The van der Waals surface area contributed by atoms with Crippen LogP contribution in [0.4, 0.5) is 5.69 Å². The Morgan fingerprint density at radius 3 is 2.42 bits per heavy atom. The van der Waals surface area contributed by atoms with Crippen molar-refractivity contribution >= 4 is 11.7 Å². The third-order valence-corrected chi connectivity index (χ3v) is 5.66. The number of carboxylic acid groups (broad SMARTS) is 1. The lowest BCUT2D eigenvalue weighted by Crippen LogP contribution is -2.35. The molecule has 0 amide bonds. The molecule has 0 aromatic heterocycles. The number of ether oxygens (including phenoxy) is 3. The van der Waals surface area contributed by atoms with Crippen LogP contribution in [0.2, 0.25) is 0 Å². The molecule has 6 nitrogen and oxygen atoms in total. The molecule has 2 N–H and O–H groups in total. The van der Waals surface area contributed by atoms with Gasteiger partial charge in [0.15, 0.2) is 0 Å². The van der Waals surface area contributed by atoms with Gasteiger partial charge >= 0.3 is 5.97 Å². The first-order valence-electron chi connectivity index (χ1n) is 10.1. The summed E-state index contributed by atoms with van der Waals surface area (Å²) in [6.45, 7) is 1.94. The third kappa shape index (κ3) is 4.01. The Morgan fingerprint density at radius 1 is 0.968 bits per heavy atom. The van der Waals surface area contributed by atoms with Crippen LogP contribution in [0.5, 0.6) is 23.0 Å². The third-order valence-electron chi connectivity index (χ3n) is 5.66. The van der Waals surface area contributed by atoms with Gasteiger partial charge in [-0.15, -0.1) is 0 Å². The number of carboxylic acids is 1. The highest BCUT2D eigenvalue weighted by Gasteiger charge is 2.34. The van der Waals surface area contributed by atoms with Crippen molar-refractivity contribution in [2.45, 2.75) is 25.3 Å². The number of anilines is 1. The van der Waals surface area contributed by atoms with Gasteiger partial charge in [-0.1, -0.05) is 24.3 Å². The maximum absolute atomic E-state index is 11.8. The zero-order valence-corrected chi connectivity index (χ0v) is 17.7. The zero-order chi connectivity index (χ0) is 22.0. The quantitative estimate of drug-likeness (QED) is 0.572. The molecule has 3 aromatic rings. The van der Waals surface area contributed by atoms with Crippen LogP contribution in [-0.4, -0.2) is 31.3 Å². The number of aliphatic carboxylic acids is 1. The molecule has 0 saturated heterocycles. The van der Waals surface area contributed by atoms with E-state index in [-0.39, 0.29) is 5.92 Å². The largest absolute Gasteiger partial charge is 0.496 e. The van der Waals surface area contributed by atoms with Crippen LogP contribution in [0, 0.1) is 6.92 Å². The Kier molecular flexibility index (Phi) is 5.71. The normalized spacial score (nSPS) is 17.3. The number of nitrogens with one attached hydrogen (secondary N) is 1. The number of rotatable bonds is 6. The molecule has 31 heavy (non-hydrogen) atoms. The van der Waals surface area contributed by atoms with Crippen molar-refractivity contribution in [2.75, 3.05) is 19.5 Å². The van der Waals surface area contributed by atoms with Gasteiger partial charge < -0.3 is 24.6 Å². The monoisotopic (exact) mass is 419 g/mol. The fraction of sp³-hybridized carbons (Fsp3) is 0.240. The molecular formula is C25H25NO5. The van der Waals surface area contributed by atoms with Crippen molar-refractivity contribution in [1.82, 2.24) is 0 Å². The lowest BCUT2D eigenvalue weighted by Gasteiger charge is -2.33. The molecule has 2 atom stereocenters. The minimum Gasteiger partial charge on any atom is -0.496 e. The van der Waals surface area contributed by atoms with E-state index in [9.17, 15) is 9.90 Å². The summed E-state index contributed by atoms with van der Waals surface area (Å²) in [5.41, 5.74) is 3.55. The van der Waals surface area contributed by atoms with Crippen LogP contribution in [0.15, 0.2) is 60.7 Å². The smallest absolute Gasteiger partial charge is 0.326 e. The number of hydrogen-bond donors (Lipinski definition) is 2. The van der Waals surface area contributed by atoms with Crippen LogP contribution in [0.1, 0.15) is 29.0 Å². The van der Waals surface area contributed by atoms with E-state index >= 15 is 0 Å². The van der Waals surface area contributed by atoms with E-state index in [0.29, 0.717) is 17.9 Å². The molecule has 1 heterocycles. The minimum atomic E-state index is -0.885. The average molecular weight is 419 g/mol. The number of benzene rings is 3. The SMILES string of the molecule is COc1ccc(C2CC(C(=O)O)Nc3ccc(Oc4ccccc4)cc32)c(OC)c1C. The first-order chi connectivity index (χ1) is 15.0. The van der Waals surface area contributed by atoms with E-state index < -0.39 is 12.0 Å². The van der Waals surface area contributed by atoms with Crippen LogP contribution in [-0.2, 0) is 4.79 Å². The van der Waals surface area contributed by atoms with Gasteiger partial charge in [0.25, 0.3) is 0 Å². The van der Waals surface area contributed by atoms with E-state index in [1.165, 1.54) is 0 Å². The van der Waals surface area contributed by atoms with Crippen LogP contribution >= 0.6 is 0 Å². The Bertz CT molecular complexity index is 1100. The summed E-state index contributed by atoms with van der Waals surface area (Å²) in [6.07, 6.45) is 0.388. The number of methoxy groups -OCH3 is 2. The molecule has 4 rings (SSSR count). The van der Waals surface area contributed by atoms with Crippen LogP contribution in [0.25, 0.3) is 0 Å². The van der Waals surface area contributed by atoms with Crippen molar-refractivity contribution in [3.8, 4) is 23.0 Å². The highest BCUT2D eigenvalue weighted by atomic mass is 16.5. The van der Waals surface area contributed by atoms with Crippen molar-refractivity contribution in [1.29, 1.82) is 0 Å². The fourth-order valence-corrected chi connectivity index (χ4v) is 4.18. The van der Waals surface area contributed by atoms with Crippen molar-refractivity contribution in [2.24, 2.45) is 0 Å². The second-order valence-corrected chi connectivity index (χ2v) is 7.50. The molecule has 160 valence electrons. The second-order valence-electron chi connectivity index (χ2n) is 7.50. The first kappa shape index (κ1) is 20.6. The highest BCUT2D eigenvalue weighted by molar-refractivity contribution is 5.80. The fourth-order valence-electron chi connectivity index (χ4n) is 4.18. The molecule has 0 saturated carbocycles. The van der Waals surface area contributed by atoms with Gasteiger partial charge in [0, 0.05) is 22.7 Å². The van der Waals surface area contributed by atoms with Gasteiger partial charge in [0.2, 0.25) is 0 Å². The second kappa shape index (κ2) is 8.60. The van der Waals surface area contributed by atoms with Gasteiger partial charge in [-0.25, -0.2) is 4.79 Å². The summed E-state index contributed by atoms with van der Waals surface area (Å²) in [7, 11) is 3.24. The topological polar surface area (TPSA) is 77.0 Å². The van der Waals surface area contributed by atoms with Crippen molar-refractivity contribution in [3.05, 3.63) is 77.4 Å². The summed E-state index contributed by atoms with van der Waals surface area (Å²) in [5.74, 6) is 1.79. The highest BCUT2D eigenvalue weighted by Crippen LogP contribution is 2.46. The lowest BCUT2D eigenvalue weighted by atomic mass is 9.81. The molecule has 0 spiro atoms. The van der Waals surface area contributed by atoms with Gasteiger partial charge in [-0.05, 0) is 55.3 Å². The molecule has 1 aliphatic rings. The number of para-hydroxylation sites is 1. The van der Waals surface area contributed by atoms with Crippen LogP contribution in [0.3, 0.4) is 0 Å². The summed E-state index contributed by atoms with van der Waals surface area (Å²) in [6, 6.07) is 18.4. The Morgan fingerprint density at radius 2 is 1.74 bits per heavy atom. The predicted molar refractivity (Wildman–Crippen MR) is 119 cm³/mol. The Balaban J connectivity index is 1.80. The van der Waals surface area contributed by atoms with Gasteiger partial charge in [0.1, 0.15) is 29.0 Å². The van der Waals surface area contributed by atoms with Gasteiger partial charge in [-0.3, -0.25) is 0 Å². The summed E-state index contributed by atoms with van der Waals surface area (Å²) in [4.78, 5) is 11.8. The lowest BCUT2D eigenvalue weighted by molar-refractivity contribution is -0.138. The predicted octanol–water partition coefficient (Wildman–Crippen LogP) is 5.21. The Labute approximate surface area is 181 Å². The van der Waals surface area contributed by atoms with E-state index in [2.05, 4.69) is 5.32 Å². The molecule has 0 fully saturated rings. The maximum atomic E-state index is 11.8. The molecule has 0 bridgehead atoms. The molecule has 6 heteroatoms. The van der Waals surface area contributed by atoms with E-state index in [0.717, 1.165) is 33.9 Å². The summed E-state index contributed by atoms with van der Waals surface area (Å²) >= 11 is 0. The molecule has 2 unspecified atom stereocenters. The van der Waals surface area contributed by atoms with E-state index in [1.807, 2.05) is 67.6 Å². The molecule has 1 aliphatic heterocycles. The van der Waals surface area contributed by atoms with Crippen molar-refractivity contribution < 1.29 is 24.1 Å². The molecule has 3 aromatic carbocycles. The maximum Gasteiger partial charge on any atom is 0.326 e. The number of carbonyl (C=O) groups is 1. The summed E-state index contributed by atoms with van der Waals surface area (Å²) in [5, 5.41) is 12.8. The number of hydrogen-bond acceptors (Lipinski definition) is 5. The molecular weight excluding hydrogens is 394 g/mol. The van der Waals surface area contributed by atoms with E-state index in [1.54, 1.807) is 14.2 Å². The van der Waals surface area contributed by atoms with Crippen LogP contribution < -0.4 is 19.5 Å². The molecule has 0 radical (unpaired) electrons.